The van der Waals surface area contributed by atoms with Crippen molar-refractivity contribution in [2.75, 3.05) is 54.6 Å². The van der Waals surface area contributed by atoms with Crippen LogP contribution in [0.25, 0.3) is 24.3 Å². The summed E-state index contributed by atoms with van der Waals surface area (Å²) < 4.78 is 19.8. The number of esters is 4. The summed E-state index contributed by atoms with van der Waals surface area (Å²) >= 11 is 0. The lowest BCUT2D eigenvalue weighted by atomic mass is 10.0. The highest BCUT2D eigenvalue weighted by molar-refractivity contribution is 5.97. The summed E-state index contributed by atoms with van der Waals surface area (Å²) in [6, 6.07) is 14.4. The van der Waals surface area contributed by atoms with Crippen molar-refractivity contribution in [2.24, 2.45) is 0 Å². The minimum atomic E-state index is -0.515. The molecule has 220 valence electrons. The van der Waals surface area contributed by atoms with Gasteiger partial charge in [0.1, 0.15) is 0 Å². The van der Waals surface area contributed by atoms with E-state index in [1.165, 1.54) is 28.4 Å². The van der Waals surface area contributed by atoms with Crippen LogP contribution in [0.5, 0.6) is 0 Å². The first kappa shape index (κ1) is 31.7. The highest BCUT2D eigenvalue weighted by Crippen LogP contribution is 2.16. The predicted octanol–water partition coefficient (Wildman–Crippen LogP) is 2.81. The molecule has 6 rings (SSSR count). The number of carbonyl (C=O) groups is 4. The van der Waals surface area contributed by atoms with Gasteiger partial charge in [0.05, 0.1) is 50.7 Å². The normalized spacial score (nSPS) is 19.5. The largest absolute Gasteiger partial charge is 0.466 e. The number of benzene rings is 2. The van der Waals surface area contributed by atoms with Gasteiger partial charge in [-0.25, -0.2) is 19.2 Å². The minimum absolute atomic E-state index is 0.126. The van der Waals surface area contributed by atoms with Crippen molar-refractivity contribution in [3.05, 3.63) is 93.1 Å². The summed E-state index contributed by atoms with van der Waals surface area (Å²) in [5.74, 6) is -2.06. The number of nitrogens with one attached hydrogen (secondary N) is 2. The van der Waals surface area contributed by atoms with Gasteiger partial charge >= 0.3 is 23.9 Å². The average molecular weight is 575 g/mol. The molecule has 0 atom stereocenters. The zero-order chi connectivity index (χ0) is 30.5. The summed E-state index contributed by atoms with van der Waals surface area (Å²) in [6.07, 6.45) is 6.73. The van der Waals surface area contributed by atoms with Gasteiger partial charge in [0.2, 0.25) is 0 Å². The van der Waals surface area contributed by atoms with E-state index < -0.39 is 23.9 Å². The summed E-state index contributed by atoms with van der Waals surface area (Å²) in [7, 11) is 5.20. The van der Waals surface area contributed by atoms with Crippen LogP contribution in [0.15, 0.2) is 70.8 Å². The fourth-order valence-electron chi connectivity index (χ4n) is 4.10. The maximum atomic E-state index is 12.5. The first-order valence-electron chi connectivity index (χ1n) is 13.0. The van der Waals surface area contributed by atoms with Gasteiger partial charge in [-0.15, -0.1) is 0 Å². The monoisotopic (exact) mass is 574 g/mol. The van der Waals surface area contributed by atoms with Crippen LogP contribution in [-0.2, 0) is 38.1 Å². The molecule has 4 aliphatic heterocycles. The van der Waals surface area contributed by atoms with Gasteiger partial charge in [0, 0.05) is 26.2 Å². The molecule has 10 heteroatoms. The van der Waals surface area contributed by atoms with Crippen molar-refractivity contribution in [1.29, 1.82) is 0 Å². The predicted molar refractivity (Wildman–Crippen MR) is 159 cm³/mol. The second-order valence-corrected chi connectivity index (χ2v) is 9.19. The van der Waals surface area contributed by atoms with Crippen LogP contribution in [0.1, 0.15) is 22.3 Å². The van der Waals surface area contributed by atoms with Gasteiger partial charge < -0.3 is 29.6 Å². The van der Waals surface area contributed by atoms with Gasteiger partial charge in [-0.05, 0) is 46.6 Å². The molecule has 0 radical (unpaired) electrons. The molecule has 4 bridgehead atoms. The molecule has 2 aromatic rings. The maximum absolute atomic E-state index is 12.5. The van der Waals surface area contributed by atoms with E-state index in [-0.39, 0.29) is 26.2 Å². The van der Waals surface area contributed by atoms with Gasteiger partial charge in [0.25, 0.3) is 0 Å². The van der Waals surface area contributed by atoms with Gasteiger partial charge in [0.15, 0.2) is 0 Å². The lowest BCUT2D eigenvalue weighted by molar-refractivity contribution is -0.137. The fourth-order valence-corrected chi connectivity index (χ4v) is 4.10. The van der Waals surface area contributed by atoms with Gasteiger partial charge in [-0.2, -0.15) is 0 Å². The summed E-state index contributed by atoms with van der Waals surface area (Å²) in [5, 5.41) is 6.24. The molecule has 42 heavy (non-hydrogen) atoms. The summed E-state index contributed by atoms with van der Waals surface area (Å²) in [6.45, 7) is 0.503. The first-order valence-corrected chi connectivity index (χ1v) is 13.0. The van der Waals surface area contributed by atoms with Crippen molar-refractivity contribution < 1.29 is 38.1 Å². The Kier molecular flexibility index (Phi) is 12.0. The van der Waals surface area contributed by atoms with Crippen molar-refractivity contribution in [2.45, 2.75) is 0 Å². The number of hydrogen-bond donors (Lipinski definition) is 2. The molecule has 0 aromatic heterocycles. The maximum Gasteiger partial charge on any atom is 0.335 e. The van der Waals surface area contributed by atoms with Gasteiger partial charge in [-0.1, -0.05) is 48.5 Å². The Morgan fingerprint density at radius 3 is 0.786 bits per heavy atom. The highest BCUT2D eigenvalue weighted by Gasteiger charge is 2.15. The Labute approximate surface area is 244 Å². The molecule has 4 heterocycles. The Hall–Kier alpha value is -4.80. The van der Waals surface area contributed by atoms with Crippen molar-refractivity contribution >= 4 is 48.2 Å². The molecular weight excluding hydrogens is 540 g/mol. The van der Waals surface area contributed by atoms with E-state index in [1.54, 1.807) is 72.8 Å². The molecule has 0 amide bonds. The van der Waals surface area contributed by atoms with Crippen molar-refractivity contribution in [3.8, 4) is 0 Å². The van der Waals surface area contributed by atoms with Crippen LogP contribution in [-0.4, -0.2) is 78.5 Å². The number of carbonyl (C=O) groups excluding carboxylic acids is 4. The smallest absolute Gasteiger partial charge is 0.335 e. The molecule has 0 unspecified atom stereocenters. The SMILES string of the molecule is COC(=O)/C1=C/c2ccc(cc2)/C=C(/C(=O)OC)CNC/C(C(=O)OC)=C\c2ccc(cc2)/C=C(/C(=O)OC)CNC1. The van der Waals surface area contributed by atoms with Gasteiger partial charge in [-0.3, -0.25) is 0 Å². The lowest BCUT2D eigenvalue weighted by Gasteiger charge is -2.11. The van der Waals surface area contributed by atoms with Crippen molar-refractivity contribution in [3.63, 3.8) is 0 Å². The molecule has 2 N–H and O–H groups in total. The van der Waals surface area contributed by atoms with Crippen molar-refractivity contribution in [1.82, 2.24) is 10.6 Å². The van der Waals surface area contributed by atoms with E-state index in [2.05, 4.69) is 10.6 Å². The lowest BCUT2D eigenvalue weighted by Crippen LogP contribution is -2.26. The van der Waals surface area contributed by atoms with E-state index in [4.69, 9.17) is 18.9 Å². The first-order chi connectivity index (χ1) is 20.3. The zero-order valence-corrected chi connectivity index (χ0v) is 24.0. The molecule has 0 aliphatic carbocycles. The number of ether oxygens (including phenoxy) is 4. The third-order valence-corrected chi connectivity index (χ3v) is 6.29. The second-order valence-electron chi connectivity index (χ2n) is 9.19. The highest BCUT2D eigenvalue weighted by atomic mass is 16.5. The van der Waals surface area contributed by atoms with Crippen LogP contribution < -0.4 is 10.6 Å². The molecule has 0 fully saturated rings. The molecule has 0 saturated carbocycles. The quantitative estimate of drug-likeness (QED) is 0.415. The van der Waals surface area contributed by atoms with E-state index in [1.807, 2.05) is 0 Å². The zero-order valence-electron chi connectivity index (χ0n) is 24.0. The van der Waals surface area contributed by atoms with Crippen LogP contribution >= 0.6 is 0 Å². The van der Waals surface area contributed by atoms with Crippen LogP contribution in [0.4, 0.5) is 0 Å². The van der Waals surface area contributed by atoms with Crippen LogP contribution in [0.2, 0.25) is 0 Å². The van der Waals surface area contributed by atoms with E-state index in [9.17, 15) is 19.2 Å². The van der Waals surface area contributed by atoms with E-state index >= 15 is 0 Å². The number of hydrogen-bond acceptors (Lipinski definition) is 10. The van der Waals surface area contributed by atoms with Crippen LogP contribution in [0.3, 0.4) is 0 Å². The topological polar surface area (TPSA) is 129 Å². The molecule has 4 aliphatic rings. The molecule has 10 nitrogen and oxygen atoms in total. The van der Waals surface area contributed by atoms with Crippen LogP contribution in [0, 0.1) is 0 Å². The fraction of sp³-hybridized carbons (Fsp3) is 0.250. The number of methoxy groups -OCH3 is 4. The number of rotatable bonds is 4. The third-order valence-electron chi connectivity index (χ3n) is 6.29. The second kappa shape index (κ2) is 15.8. The average Bonchev–Trinajstić information content (AvgIpc) is 3.02. The molecule has 0 saturated heterocycles. The Balaban J connectivity index is 2.06. The standard InChI is InChI=1S/C32H34N2O8/c1-39-29(35)25-13-21-5-7-22(8-6-21)15-27(31(37)41-3)19-34-20-28(32(38)42-4)16-24-11-9-23(10-12-24)14-26(18-33-17-25)30(36)40-2/h5-16,33-34H,17-20H2,1-4H3/b25-13+,26-14+,27-15+,28-16+. The minimum Gasteiger partial charge on any atom is -0.466 e. The Bertz CT molecular complexity index is 1200. The molecule has 2 aromatic carbocycles. The summed E-state index contributed by atoms with van der Waals surface area (Å²) in [4.78, 5) is 49.9. The Morgan fingerprint density at radius 1 is 0.429 bits per heavy atom. The summed E-state index contributed by atoms with van der Waals surface area (Å²) in [5.41, 5.74) is 4.32. The van der Waals surface area contributed by atoms with E-state index in [0.29, 0.717) is 22.3 Å². The van der Waals surface area contributed by atoms with E-state index in [0.717, 1.165) is 22.3 Å². The molecule has 0 spiro atoms. The Morgan fingerprint density at radius 2 is 0.619 bits per heavy atom. The molecular formula is C32H34N2O8. The third kappa shape index (κ3) is 9.12.